The largest absolute Gasteiger partial charge is 0.479 e. The summed E-state index contributed by atoms with van der Waals surface area (Å²) >= 11 is 0. The molecule has 0 saturated heterocycles. The second-order valence-corrected chi connectivity index (χ2v) is 4.42. The van der Waals surface area contributed by atoms with Crippen molar-refractivity contribution in [2.24, 2.45) is 5.92 Å². The number of carbonyl (C=O) groups excluding carboxylic acids is 1. The molecule has 1 aliphatic rings. The van der Waals surface area contributed by atoms with Crippen LogP contribution in [0.2, 0.25) is 0 Å². The number of carboxylic acids is 1. The van der Waals surface area contributed by atoms with E-state index in [1.165, 1.54) is 0 Å². The van der Waals surface area contributed by atoms with Crippen molar-refractivity contribution in [2.75, 3.05) is 0 Å². The maximum atomic E-state index is 11.4. The monoisotopic (exact) mass is 234 g/mol. The number of rotatable bonds is 3. The topological polar surface area (TPSA) is 74.6 Å². The van der Waals surface area contributed by atoms with Crippen LogP contribution in [0.5, 0.6) is 0 Å². The van der Waals surface area contributed by atoms with Gasteiger partial charge in [-0.3, -0.25) is 4.79 Å². The Labute approximate surface area is 98.9 Å². The molecule has 1 aliphatic carbocycles. The van der Waals surface area contributed by atoms with Gasteiger partial charge in [0.15, 0.2) is 5.60 Å². The summed E-state index contributed by atoms with van der Waals surface area (Å²) in [4.78, 5) is 22.6. The Hall–Kier alpha value is -1.68. The van der Waals surface area contributed by atoms with Crippen molar-refractivity contribution < 1.29 is 19.8 Å². The molecule has 2 rings (SSSR count). The first-order chi connectivity index (χ1) is 8.05. The van der Waals surface area contributed by atoms with Gasteiger partial charge in [0.1, 0.15) is 5.78 Å². The standard InChI is InChI=1S/C13H14O4/c14-11-7-6-10(8-11)13(17,12(15)16)9-4-2-1-3-5-9/h1-5,10,17H,6-8H2,(H,15,16)/t10?,13-/m0/s1. The highest BCUT2D eigenvalue weighted by atomic mass is 16.4. The second-order valence-electron chi connectivity index (χ2n) is 4.42. The van der Waals surface area contributed by atoms with Crippen LogP contribution in [-0.4, -0.2) is 22.0 Å². The summed E-state index contributed by atoms with van der Waals surface area (Å²) in [5.41, 5.74) is -1.61. The van der Waals surface area contributed by atoms with Crippen LogP contribution in [0.15, 0.2) is 30.3 Å². The minimum Gasteiger partial charge on any atom is -0.479 e. The molecular formula is C13H14O4. The molecule has 0 amide bonds. The first-order valence-electron chi connectivity index (χ1n) is 5.58. The Morgan fingerprint density at radius 1 is 1.29 bits per heavy atom. The number of aliphatic hydroxyl groups is 1. The van der Waals surface area contributed by atoms with E-state index in [0.29, 0.717) is 18.4 Å². The molecular weight excluding hydrogens is 220 g/mol. The lowest BCUT2D eigenvalue weighted by molar-refractivity contribution is -0.166. The maximum absolute atomic E-state index is 11.4. The van der Waals surface area contributed by atoms with Crippen molar-refractivity contribution in [1.82, 2.24) is 0 Å². The number of Topliss-reactive ketones (excluding diaryl/α,β-unsaturated/α-hetero) is 1. The molecule has 17 heavy (non-hydrogen) atoms. The Balaban J connectivity index is 2.40. The van der Waals surface area contributed by atoms with E-state index in [1.807, 2.05) is 0 Å². The number of aliphatic carboxylic acids is 1. The molecule has 0 aliphatic heterocycles. The van der Waals surface area contributed by atoms with E-state index in [4.69, 9.17) is 0 Å². The zero-order valence-electron chi connectivity index (χ0n) is 9.30. The van der Waals surface area contributed by atoms with E-state index in [9.17, 15) is 19.8 Å². The molecule has 2 N–H and O–H groups in total. The van der Waals surface area contributed by atoms with Gasteiger partial charge in [-0.15, -0.1) is 0 Å². The van der Waals surface area contributed by atoms with Crippen LogP contribution in [0.4, 0.5) is 0 Å². The number of ketones is 1. The van der Waals surface area contributed by atoms with Crippen molar-refractivity contribution in [3.8, 4) is 0 Å². The van der Waals surface area contributed by atoms with Gasteiger partial charge < -0.3 is 10.2 Å². The summed E-state index contributed by atoms with van der Waals surface area (Å²) < 4.78 is 0. The zero-order chi connectivity index (χ0) is 12.5. The van der Waals surface area contributed by atoms with Crippen LogP contribution in [0, 0.1) is 5.92 Å². The Kier molecular flexibility index (Phi) is 2.98. The molecule has 4 heteroatoms. The van der Waals surface area contributed by atoms with E-state index in [0.717, 1.165) is 0 Å². The Bertz CT molecular complexity index is 440. The van der Waals surface area contributed by atoms with Crippen LogP contribution in [0.1, 0.15) is 24.8 Å². The van der Waals surface area contributed by atoms with Crippen molar-refractivity contribution in [3.63, 3.8) is 0 Å². The van der Waals surface area contributed by atoms with Crippen molar-refractivity contribution >= 4 is 11.8 Å². The van der Waals surface area contributed by atoms with E-state index in [1.54, 1.807) is 30.3 Å². The maximum Gasteiger partial charge on any atom is 0.340 e. The Morgan fingerprint density at radius 2 is 1.94 bits per heavy atom. The van der Waals surface area contributed by atoms with Gasteiger partial charge in [-0.05, 0) is 12.0 Å². The lowest BCUT2D eigenvalue weighted by atomic mass is 9.80. The molecule has 1 aromatic carbocycles. The van der Waals surface area contributed by atoms with E-state index < -0.39 is 17.5 Å². The smallest absolute Gasteiger partial charge is 0.340 e. The lowest BCUT2D eigenvalue weighted by Crippen LogP contribution is -2.42. The average molecular weight is 234 g/mol. The van der Waals surface area contributed by atoms with Gasteiger partial charge in [0.05, 0.1) is 0 Å². The molecule has 90 valence electrons. The fourth-order valence-corrected chi connectivity index (χ4v) is 2.40. The molecule has 0 heterocycles. The molecule has 1 saturated carbocycles. The number of carboxylic acid groups (broad SMARTS) is 1. The molecule has 0 spiro atoms. The number of benzene rings is 1. The summed E-state index contributed by atoms with van der Waals surface area (Å²) in [6.07, 6.45) is 0.918. The van der Waals surface area contributed by atoms with Crippen LogP contribution in [-0.2, 0) is 15.2 Å². The van der Waals surface area contributed by atoms with Gasteiger partial charge in [0.25, 0.3) is 0 Å². The van der Waals surface area contributed by atoms with Crippen molar-refractivity contribution in [3.05, 3.63) is 35.9 Å². The van der Waals surface area contributed by atoms with E-state index >= 15 is 0 Å². The van der Waals surface area contributed by atoms with Crippen LogP contribution in [0.3, 0.4) is 0 Å². The number of carbonyl (C=O) groups is 2. The first kappa shape index (κ1) is 11.8. The van der Waals surface area contributed by atoms with Gasteiger partial charge in [-0.1, -0.05) is 30.3 Å². The molecule has 0 aromatic heterocycles. The van der Waals surface area contributed by atoms with Crippen LogP contribution < -0.4 is 0 Å². The third-order valence-corrected chi connectivity index (χ3v) is 3.38. The van der Waals surface area contributed by atoms with E-state index in [-0.39, 0.29) is 12.2 Å². The molecule has 1 aromatic rings. The molecule has 0 bridgehead atoms. The van der Waals surface area contributed by atoms with Crippen molar-refractivity contribution in [1.29, 1.82) is 0 Å². The first-order valence-corrected chi connectivity index (χ1v) is 5.58. The van der Waals surface area contributed by atoms with Gasteiger partial charge >= 0.3 is 5.97 Å². The SMILES string of the molecule is O=C1CCC([C@](O)(C(=O)O)c2ccccc2)C1. The van der Waals surface area contributed by atoms with E-state index in [2.05, 4.69) is 0 Å². The minimum atomic E-state index is -1.95. The van der Waals surface area contributed by atoms with Gasteiger partial charge in [0.2, 0.25) is 0 Å². The highest BCUT2D eigenvalue weighted by Crippen LogP contribution is 2.39. The van der Waals surface area contributed by atoms with Crippen molar-refractivity contribution in [2.45, 2.75) is 24.9 Å². The highest BCUT2D eigenvalue weighted by Gasteiger charge is 2.48. The summed E-state index contributed by atoms with van der Waals surface area (Å²) in [7, 11) is 0. The average Bonchev–Trinajstić information content (AvgIpc) is 2.76. The zero-order valence-corrected chi connectivity index (χ0v) is 9.30. The summed E-state index contributed by atoms with van der Waals surface area (Å²) in [5.74, 6) is -1.80. The predicted molar refractivity (Wildman–Crippen MR) is 60.3 cm³/mol. The summed E-state index contributed by atoms with van der Waals surface area (Å²) in [6.45, 7) is 0. The molecule has 2 atom stereocenters. The third-order valence-electron chi connectivity index (χ3n) is 3.38. The molecule has 1 unspecified atom stereocenters. The minimum absolute atomic E-state index is 0.0191. The summed E-state index contributed by atoms with van der Waals surface area (Å²) in [5, 5.41) is 19.7. The number of hydrogen-bond acceptors (Lipinski definition) is 3. The summed E-state index contributed by atoms with van der Waals surface area (Å²) in [6, 6.07) is 8.28. The van der Waals surface area contributed by atoms with Gasteiger partial charge in [0, 0.05) is 18.8 Å². The van der Waals surface area contributed by atoms with Crippen LogP contribution >= 0.6 is 0 Å². The Morgan fingerprint density at radius 3 is 2.41 bits per heavy atom. The molecule has 4 nitrogen and oxygen atoms in total. The second kappa shape index (κ2) is 4.30. The predicted octanol–water partition coefficient (Wildman–Crippen LogP) is 1.33. The van der Waals surface area contributed by atoms with Crippen LogP contribution in [0.25, 0.3) is 0 Å². The highest BCUT2D eigenvalue weighted by molar-refractivity contribution is 5.85. The lowest BCUT2D eigenvalue weighted by Gasteiger charge is -2.29. The fourth-order valence-electron chi connectivity index (χ4n) is 2.40. The molecule has 1 fully saturated rings. The third kappa shape index (κ3) is 1.96. The molecule has 0 radical (unpaired) electrons. The fraction of sp³-hybridized carbons (Fsp3) is 0.385. The normalized spacial score (nSPS) is 23.4. The van der Waals surface area contributed by atoms with Gasteiger partial charge in [-0.25, -0.2) is 4.79 Å². The quantitative estimate of drug-likeness (QED) is 0.827. The number of hydrogen-bond donors (Lipinski definition) is 2. The van der Waals surface area contributed by atoms with Gasteiger partial charge in [-0.2, -0.15) is 0 Å².